The Morgan fingerprint density at radius 2 is 2.27 bits per heavy atom. The summed E-state index contributed by atoms with van der Waals surface area (Å²) in [6.45, 7) is 0.308. The predicted molar refractivity (Wildman–Crippen MR) is 54.2 cm³/mol. The van der Waals surface area contributed by atoms with Gasteiger partial charge in [-0.3, -0.25) is 9.78 Å². The summed E-state index contributed by atoms with van der Waals surface area (Å²) >= 11 is 0. The van der Waals surface area contributed by atoms with E-state index in [4.69, 9.17) is 10.2 Å². The van der Waals surface area contributed by atoms with Gasteiger partial charge in [-0.25, -0.2) is 0 Å². The molecule has 1 aromatic rings. The van der Waals surface area contributed by atoms with E-state index >= 15 is 0 Å². The maximum Gasteiger partial charge on any atom is 0.251 e. The lowest BCUT2D eigenvalue weighted by atomic mass is 10.2. The van der Waals surface area contributed by atoms with Crippen LogP contribution in [-0.4, -0.2) is 34.3 Å². The number of aliphatic hydroxyl groups is 2. The van der Waals surface area contributed by atoms with Crippen molar-refractivity contribution in [2.45, 2.75) is 13.0 Å². The van der Waals surface area contributed by atoms with Gasteiger partial charge < -0.3 is 15.5 Å². The lowest BCUT2D eigenvalue weighted by Crippen LogP contribution is -2.25. The average molecular weight is 210 g/mol. The second-order valence-corrected chi connectivity index (χ2v) is 3.03. The molecule has 5 heteroatoms. The lowest BCUT2D eigenvalue weighted by Gasteiger charge is -2.04. The molecule has 0 saturated carbocycles. The van der Waals surface area contributed by atoms with Gasteiger partial charge in [0, 0.05) is 24.9 Å². The summed E-state index contributed by atoms with van der Waals surface area (Å²) in [5.74, 6) is -0.222. The molecule has 5 nitrogen and oxygen atoms in total. The third-order valence-electron chi connectivity index (χ3n) is 1.86. The highest BCUT2D eigenvalue weighted by atomic mass is 16.3. The molecule has 3 N–H and O–H groups in total. The number of carbonyl (C=O) groups is 1. The third kappa shape index (κ3) is 3.65. The summed E-state index contributed by atoms with van der Waals surface area (Å²) < 4.78 is 0. The van der Waals surface area contributed by atoms with E-state index in [1.807, 2.05) is 0 Å². The van der Waals surface area contributed by atoms with Crippen LogP contribution in [0.15, 0.2) is 18.3 Å². The molecule has 0 bridgehead atoms. The predicted octanol–water partition coefficient (Wildman–Crippen LogP) is -0.314. The van der Waals surface area contributed by atoms with Crippen LogP contribution in [0.5, 0.6) is 0 Å². The number of amides is 1. The van der Waals surface area contributed by atoms with Crippen molar-refractivity contribution in [1.82, 2.24) is 10.3 Å². The zero-order chi connectivity index (χ0) is 11.1. The molecule has 0 unspecified atom stereocenters. The van der Waals surface area contributed by atoms with E-state index < -0.39 is 0 Å². The quantitative estimate of drug-likeness (QED) is 0.582. The van der Waals surface area contributed by atoms with E-state index in [1.165, 1.54) is 12.3 Å². The second-order valence-electron chi connectivity index (χ2n) is 3.03. The zero-order valence-corrected chi connectivity index (χ0v) is 8.31. The van der Waals surface area contributed by atoms with Gasteiger partial charge in [0.15, 0.2) is 0 Å². The number of rotatable bonds is 5. The third-order valence-corrected chi connectivity index (χ3v) is 1.86. The van der Waals surface area contributed by atoms with Crippen LogP contribution in [0, 0.1) is 0 Å². The highest BCUT2D eigenvalue weighted by Gasteiger charge is 2.05. The minimum atomic E-state index is -0.222. The molecule has 82 valence electrons. The van der Waals surface area contributed by atoms with Crippen molar-refractivity contribution in [2.24, 2.45) is 0 Å². The van der Waals surface area contributed by atoms with Crippen LogP contribution in [0.2, 0.25) is 0 Å². The molecule has 0 atom stereocenters. The van der Waals surface area contributed by atoms with Gasteiger partial charge in [0.2, 0.25) is 0 Å². The van der Waals surface area contributed by atoms with Gasteiger partial charge in [-0.2, -0.15) is 0 Å². The smallest absolute Gasteiger partial charge is 0.251 e. The number of nitrogens with zero attached hydrogens (tertiary/aromatic N) is 1. The molecule has 1 aromatic heterocycles. The maximum atomic E-state index is 11.5. The van der Waals surface area contributed by atoms with E-state index in [0.29, 0.717) is 24.2 Å². The first kappa shape index (κ1) is 11.6. The van der Waals surface area contributed by atoms with Gasteiger partial charge in [-0.05, 0) is 18.6 Å². The monoisotopic (exact) mass is 210 g/mol. The molecule has 0 aliphatic heterocycles. The van der Waals surface area contributed by atoms with Crippen molar-refractivity contribution in [2.75, 3.05) is 13.2 Å². The summed E-state index contributed by atoms with van der Waals surface area (Å²) in [5.41, 5.74) is 0.928. The molecule has 0 aromatic carbocycles. The van der Waals surface area contributed by atoms with Crippen molar-refractivity contribution in [1.29, 1.82) is 0 Å². The first-order valence-electron chi connectivity index (χ1n) is 4.72. The Labute approximate surface area is 87.8 Å². The number of nitrogens with one attached hydrogen (secondary N) is 1. The van der Waals surface area contributed by atoms with Crippen molar-refractivity contribution in [3.05, 3.63) is 29.6 Å². The molecule has 0 aliphatic carbocycles. The Hall–Kier alpha value is -1.46. The molecule has 1 heterocycles. The van der Waals surface area contributed by atoms with E-state index in [0.717, 1.165) is 0 Å². The number of hydrogen-bond donors (Lipinski definition) is 3. The Morgan fingerprint density at radius 1 is 1.47 bits per heavy atom. The first-order chi connectivity index (χ1) is 7.27. The molecule has 0 radical (unpaired) electrons. The minimum absolute atomic E-state index is 0.0541. The van der Waals surface area contributed by atoms with Gasteiger partial charge in [0.1, 0.15) is 0 Å². The van der Waals surface area contributed by atoms with E-state index in [2.05, 4.69) is 10.3 Å². The van der Waals surface area contributed by atoms with E-state index in [1.54, 1.807) is 6.07 Å². The molecule has 1 rings (SSSR count). The van der Waals surface area contributed by atoms with Gasteiger partial charge in [-0.15, -0.1) is 0 Å². The van der Waals surface area contributed by atoms with Crippen LogP contribution in [0.4, 0.5) is 0 Å². The topological polar surface area (TPSA) is 82.5 Å². The molecule has 0 aliphatic rings. The maximum absolute atomic E-state index is 11.5. The summed E-state index contributed by atoms with van der Waals surface area (Å²) in [5, 5.41) is 20.0. The van der Waals surface area contributed by atoms with Crippen molar-refractivity contribution in [3.63, 3.8) is 0 Å². The van der Waals surface area contributed by atoms with Crippen LogP contribution in [0.1, 0.15) is 22.5 Å². The van der Waals surface area contributed by atoms with Gasteiger partial charge in [0.25, 0.3) is 5.91 Å². The van der Waals surface area contributed by atoms with Crippen molar-refractivity contribution < 1.29 is 15.0 Å². The highest BCUT2D eigenvalue weighted by Crippen LogP contribution is 2.01. The Bertz CT molecular complexity index is 328. The first-order valence-corrected chi connectivity index (χ1v) is 4.72. The van der Waals surface area contributed by atoms with Crippen LogP contribution in [-0.2, 0) is 6.61 Å². The van der Waals surface area contributed by atoms with Crippen LogP contribution in [0.3, 0.4) is 0 Å². The number of pyridine rings is 1. The summed E-state index contributed by atoms with van der Waals surface area (Å²) in [6, 6.07) is 3.11. The molecule has 0 fully saturated rings. The fourth-order valence-corrected chi connectivity index (χ4v) is 1.09. The standard InChI is InChI=1S/C10H14N2O3/c13-5-1-3-12-10(15)8-2-4-11-9(6-8)7-14/h2,4,6,13-14H,1,3,5,7H2,(H,12,15). The average Bonchev–Trinajstić information content (AvgIpc) is 2.29. The molecule has 0 spiro atoms. The largest absolute Gasteiger partial charge is 0.396 e. The fraction of sp³-hybridized carbons (Fsp3) is 0.400. The summed E-state index contributed by atoms with van der Waals surface area (Å²) in [4.78, 5) is 15.4. The SMILES string of the molecule is O=C(NCCCO)c1ccnc(CO)c1. The van der Waals surface area contributed by atoms with Crippen LogP contribution < -0.4 is 5.32 Å². The lowest BCUT2D eigenvalue weighted by molar-refractivity contribution is 0.0951. The van der Waals surface area contributed by atoms with Crippen molar-refractivity contribution in [3.8, 4) is 0 Å². The number of aliphatic hydroxyl groups excluding tert-OH is 2. The number of aromatic nitrogens is 1. The highest BCUT2D eigenvalue weighted by molar-refractivity contribution is 5.94. The van der Waals surface area contributed by atoms with Gasteiger partial charge in [-0.1, -0.05) is 0 Å². The molecular formula is C10H14N2O3. The second kappa shape index (κ2) is 6.10. The fourth-order valence-electron chi connectivity index (χ4n) is 1.09. The molecule has 1 amide bonds. The number of carbonyl (C=O) groups excluding carboxylic acids is 1. The Morgan fingerprint density at radius 3 is 2.93 bits per heavy atom. The van der Waals surface area contributed by atoms with Crippen LogP contribution in [0.25, 0.3) is 0 Å². The molecular weight excluding hydrogens is 196 g/mol. The Kier molecular flexibility index (Phi) is 4.73. The minimum Gasteiger partial charge on any atom is -0.396 e. The summed E-state index contributed by atoms with van der Waals surface area (Å²) in [6.07, 6.45) is 2.01. The zero-order valence-electron chi connectivity index (χ0n) is 8.31. The van der Waals surface area contributed by atoms with Crippen molar-refractivity contribution >= 4 is 5.91 Å². The normalized spacial score (nSPS) is 10.0. The van der Waals surface area contributed by atoms with Crippen LogP contribution >= 0.6 is 0 Å². The van der Waals surface area contributed by atoms with E-state index in [-0.39, 0.29) is 19.1 Å². The summed E-state index contributed by atoms with van der Waals surface area (Å²) in [7, 11) is 0. The Balaban J connectivity index is 2.57. The number of hydrogen-bond acceptors (Lipinski definition) is 4. The molecule has 0 saturated heterocycles. The van der Waals surface area contributed by atoms with Gasteiger partial charge >= 0.3 is 0 Å². The van der Waals surface area contributed by atoms with Gasteiger partial charge in [0.05, 0.1) is 12.3 Å². The van der Waals surface area contributed by atoms with E-state index in [9.17, 15) is 4.79 Å². The molecule has 15 heavy (non-hydrogen) atoms.